The van der Waals surface area contributed by atoms with Crippen LogP contribution in [0.25, 0.3) is 0 Å². The maximum atomic E-state index is 6.28. The van der Waals surface area contributed by atoms with Crippen LogP contribution in [0.3, 0.4) is 0 Å². The number of unbranched alkanes of at least 4 members (excludes halogenated alkanes) is 2. The van der Waals surface area contributed by atoms with E-state index in [0.29, 0.717) is 6.61 Å². The molecule has 0 aliphatic rings. The van der Waals surface area contributed by atoms with Crippen molar-refractivity contribution < 1.29 is 5.11 Å². The lowest BCUT2D eigenvalue weighted by Gasteiger charge is -1.85. The fourth-order valence-electron chi connectivity index (χ4n) is 0.352. The molecular weight excluding hydrogens is 76.1 g/mol. The van der Waals surface area contributed by atoms with Crippen molar-refractivity contribution in [2.75, 3.05) is 6.61 Å². The predicted octanol–water partition coefficient (Wildman–Crippen LogP) is 1.17. The first-order valence-corrected chi connectivity index (χ1v) is 2.50. The van der Waals surface area contributed by atoms with Crippen LogP contribution in [0.2, 0.25) is 0 Å². The summed E-state index contributed by atoms with van der Waals surface area (Å²) in [5, 5.41) is 4.09. The molecule has 38 valence electrons. The molecule has 0 aromatic carbocycles. The lowest BCUT2D eigenvalue weighted by Crippen LogP contribution is -1.78. The monoisotopic (exact) mass is 90.1 g/mol. The van der Waals surface area contributed by atoms with E-state index in [1.807, 2.05) is 0 Å². The van der Waals surface area contributed by atoms with Gasteiger partial charge in [0.25, 0.3) is 0 Å². The van der Waals surface area contributed by atoms with Gasteiger partial charge in [-0.05, 0) is 6.42 Å². The molecule has 0 amide bonds. The van der Waals surface area contributed by atoms with Crippen molar-refractivity contribution in [3.05, 3.63) is 0 Å². The van der Waals surface area contributed by atoms with Crippen molar-refractivity contribution in [3.8, 4) is 0 Å². The van der Waals surface area contributed by atoms with Crippen LogP contribution in [0.4, 0.5) is 0 Å². The minimum atomic E-state index is 0.591. The molecule has 1 heteroatoms. The molecule has 1 N–H and O–H groups in total. The minimum Gasteiger partial charge on any atom is -0.396 e. The van der Waals surface area contributed by atoms with Crippen molar-refractivity contribution in [3.63, 3.8) is 0 Å². The van der Waals surface area contributed by atoms with Crippen molar-refractivity contribution in [1.29, 1.82) is 1.43 Å². The van der Waals surface area contributed by atoms with E-state index >= 15 is 0 Å². The molecule has 0 fully saturated rings. The van der Waals surface area contributed by atoms with Crippen molar-refractivity contribution >= 4 is 0 Å². The summed E-state index contributed by atoms with van der Waals surface area (Å²) in [6.45, 7) is 2.72. The first kappa shape index (κ1) is 4.13. The number of rotatable bonds is 4. The van der Waals surface area contributed by atoms with Crippen LogP contribution in [-0.4, -0.2) is 13.1 Å². The van der Waals surface area contributed by atoms with Gasteiger partial charge in [-0.3, -0.25) is 0 Å². The molecule has 0 spiro atoms. The second-order valence-electron chi connectivity index (χ2n) is 1.41. The lowest BCUT2D eigenvalue weighted by molar-refractivity contribution is 0.284. The average Bonchev–Trinajstić information content (AvgIpc) is 1.69. The summed E-state index contributed by atoms with van der Waals surface area (Å²) in [6.07, 6.45) is 3.40. The van der Waals surface area contributed by atoms with Gasteiger partial charge >= 0.3 is 0 Å². The van der Waals surface area contributed by atoms with Gasteiger partial charge in [0.05, 0.1) is 0 Å². The summed E-state index contributed by atoms with van der Waals surface area (Å²) in [4.78, 5) is 0. The molecule has 0 aliphatic heterocycles. The van der Waals surface area contributed by atoms with Gasteiger partial charge in [0.2, 0.25) is 1.43 Å². The second kappa shape index (κ2) is 4.96. The normalized spacial score (nSPS) is 11.2. The molecule has 0 unspecified atom stereocenters. The SMILES string of the molecule is [3H]OCCCCC. The number of aliphatic hydroxyl groups excluding tert-OH is 1. The Morgan fingerprint density at radius 3 is 3.00 bits per heavy atom. The van der Waals surface area contributed by atoms with Crippen LogP contribution < -0.4 is 0 Å². The molecule has 0 heterocycles. The topological polar surface area (TPSA) is 20.2 Å². The Labute approximate surface area is 40.5 Å². The van der Waals surface area contributed by atoms with Gasteiger partial charge in [0.15, 0.2) is 0 Å². The highest BCUT2D eigenvalue weighted by Gasteiger charge is 1.76. The smallest absolute Gasteiger partial charge is 0.210 e. The zero-order valence-corrected chi connectivity index (χ0v) is 4.24. The summed E-state index contributed by atoms with van der Waals surface area (Å²) in [7, 11) is 0. The van der Waals surface area contributed by atoms with E-state index in [-0.39, 0.29) is 0 Å². The number of hydrogen-bond acceptors (Lipinski definition) is 1. The van der Waals surface area contributed by atoms with Gasteiger partial charge in [0.1, 0.15) is 0 Å². The van der Waals surface area contributed by atoms with Crippen molar-refractivity contribution in [2.24, 2.45) is 0 Å². The van der Waals surface area contributed by atoms with E-state index in [2.05, 4.69) is 12.0 Å². The molecular formula is C5H12O. The lowest BCUT2D eigenvalue weighted by atomic mass is 10.3. The molecule has 0 aromatic heterocycles. The van der Waals surface area contributed by atoms with Gasteiger partial charge in [-0.1, -0.05) is 19.8 Å². The Morgan fingerprint density at radius 1 is 1.67 bits per heavy atom. The van der Waals surface area contributed by atoms with E-state index < -0.39 is 0 Å². The van der Waals surface area contributed by atoms with Gasteiger partial charge < -0.3 is 5.11 Å². The van der Waals surface area contributed by atoms with E-state index in [4.69, 9.17) is 1.43 Å². The average molecular weight is 90.2 g/mol. The zero-order chi connectivity index (χ0) is 5.54. The third-order valence-corrected chi connectivity index (χ3v) is 0.748. The summed E-state index contributed by atoms with van der Waals surface area (Å²) >= 11 is 0. The van der Waals surface area contributed by atoms with E-state index in [0.717, 1.165) is 6.42 Å². The largest absolute Gasteiger partial charge is 0.396 e. The molecule has 0 aliphatic carbocycles. The van der Waals surface area contributed by atoms with Crippen LogP contribution in [0, 0.1) is 0 Å². The highest BCUT2D eigenvalue weighted by atomic mass is 16.2. The highest BCUT2D eigenvalue weighted by Crippen LogP contribution is 1.89. The third kappa shape index (κ3) is 3.96. The Kier molecular flexibility index (Phi) is 3.41. The van der Waals surface area contributed by atoms with E-state index in [1.54, 1.807) is 0 Å². The number of aliphatic hydroxyl groups is 1. The maximum Gasteiger partial charge on any atom is 0.210 e. The van der Waals surface area contributed by atoms with E-state index in [9.17, 15) is 0 Å². The van der Waals surface area contributed by atoms with Crippen LogP contribution in [0.1, 0.15) is 26.2 Å². The van der Waals surface area contributed by atoms with Crippen LogP contribution in [0.5, 0.6) is 0 Å². The first-order chi connectivity index (χ1) is 3.41. The van der Waals surface area contributed by atoms with Crippen LogP contribution >= 0.6 is 0 Å². The molecule has 0 saturated heterocycles. The highest BCUT2D eigenvalue weighted by molar-refractivity contribution is 4.30. The van der Waals surface area contributed by atoms with Gasteiger partial charge in [-0.25, -0.2) is 0 Å². The Bertz CT molecular complexity index is 27.3. The molecule has 1 nitrogen and oxygen atoms in total. The Balaban J connectivity index is 2.45. The van der Waals surface area contributed by atoms with Crippen molar-refractivity contribution in [2.45, 2.75) is 26.2 Å². The standard InChI is InChI=1S/C5H12O/c1-2-3-4-5-6/h6H,2-5H2,1H3/i6T. The maximum absolute atomic E-state index is 6.28. The van der Waals surface area contributed by atoms with Gasteiger partial charge in [-0.2, -0.15) is 0 Å². The minimum absolute atomic E-state index is 0.591. The fourth-order valence-corrected chi connectivity index (χ4v) is 0.352. The molecule has 0 rings (SSSR count). The van der Waals surface area contributed by atoms with Crippen LogP contribution in [0.15, 0.2) is 0 Å². The summed E-state index contributed by atoms with van der Waals surface area (Å²) in [6, 6.07) is 0. The summed E-state index contributed by atoms with van der Waals surface area (Å²) < 4.78 is 6.28. The second-order valence-corrected chi connectivity index (χ2v) is 1.41. The van der Waals surface area contributed by atoms with Crippen molar-refractivity contribution in [1.82, 2.24) is 0 Å². The van der Waals surface area contributed by atoms with E-state index in [1.165, 1.54) is 12.8 Å². The van der Waals surface area contributed by atoms with Gasteiger partial charge in [-0.15, -0.1) is 0 Å². The molecule has 0 aromatic rings. The zero-order valence-electron chi connectivity index (χ0n) is 5.24. The summed E-state index contributed by atoms with van der Waals surface area (Å²) in [5.41, 5.74) is 0. The predicted molar refractivity (Wildman–Crippen MR) is 26.6 cm³/mol. The fraction of sp³-hybridized carbons (Fsp3) is 1.00. The first-order valence-electron chi connectivity index (χ1n) is 2.90. The third-order valence-electron chi connectivity index (χ3n) is 0.748. The molecule has 0 bridgehead atoms. The Hall–Kier alpha value is -0.0400. The molecule has 0 saturated carbocycles. The quantitative estimate of drug-likeness (QED) is 0.514. The molecule has 0 atom stereocenters. The summed E-state index contributed by atoms with van der Waals surface area (Å²) in [5.74, 6) is 0. The molecule has 6 heavy (non-hydrogen) atoms. The van der Waals surface area contributed by atoms with Gasteiger partial charge in [0, 0.05) is 6.61 Å². The Morgan fingerprint density at radius 2 is 2.50 bits per heavy atom. The van der Waals surface area contributed by atoms with Crippen LogP contribution in [-0.2, 0) is 0 Å². The molecule has 0 radical (unpaired) electrons. The number of hydrogen-bond donors (Lipinski definition) is 1.